The first-order valence-corrected chi connectivity index (χ1v) is 9.10. The fourth-order valence-electron chi connectivity index (χ4n) is 2.36. The fourth-order valence-corrected chi connectivity index (χ4v) is 2.88. The number of hydrogen-bond donors (Lipinski definition) is 2. The molecule has 6 heteroatoms. The summed E-state index contributed by atoms with van der Waals surface area (Å²) in [6.07, 6.45) is 1.92. The van der Waals surface area contributed by atoms with Crippen LogP contribution in [-0.4, -0.2) is 34.9 Å². The molecule has 0 aliphatic heterocycles. The number of nitrogens with one attached hydrogen (secondary N) is 2. The van der Waals surface area contributed by atoms with Crippen molar-refractivity contribution in [3.8, 4) is 5.75 Å². The molecule has 2 aromatic carbocycles. The summed E-state index contributed by atoms with van der Waals surface area (Å²) in [5, 5.41) is 5.61. The number of rotatable bonds is 8. The minimum atomic E-state index is -3.09. The van der Waals surface area contributed by atoms with E-state index in [1.165, 1.54) is 17.2 Å². The van der Waals surface area contributed by atoms with Crippen molar-refractivity contribution in [1.82, 2.24) is 10.0 Å². The third kappa shape index (κ3) is 4.69. The van der Waals surface area contributed by atoms with E-state index in [1.807, 2.05) is 24.3 Å². The lowest BCUT2D eigenvalue weighted by atomic mass is 10.0. The second-order valence-corrected chi connectivity index (χ2v) is 7.00. The summed E-state index contributed by atoms with van der Waals surface area (Å²) in [7, 11) is -1.42. The predicted molar refractivity (Wildman–Crippen MR) is 89.7 cm³/mol. The molecular formula is C16H22N2O3S. The van der Waals surface area contributed by atoms with Crippen LogP contribution in [0.3, 0.4) is 0 Å². The molecule has 120 valence electrons. The molecule has 0 heterocycles. The monoisotopic (exact) mass is 322 g/mol. The predicted octanol–water partition coefficient (Wildman–Crippen LogP) is 1.88. The van der Waals surface area contributed by atoms with Gasteiger partial charge in [0, 0.05) is 18.5 Å². The maximum atomic E-state index is 10.9. The van der Waals surface area contributed by atoms with Crippen molar-refractivity contribution < 1.29 is 13.2 Å². The average Bonchev–Trinajstić information content (AvgIpc) is 2.49. The highest BCUT2D eigenvalue weighted by atomic mass is 32.2. The Morgan fingerprint density at radius 3 is 2.45 bits per heavy atom. The molecule has 0 aliphatic rings. The molecule has 2 N–H and O–H groups in total. The summed E-state index contributed by atoms with van der Waals surface area (Å²) < 4.78 is 29.8. The van der Waals surface area contributed by atoms with Gasteiger partial charge in [0.15, 0.2) is 0 Å². The van der Waals surface area contributed by atoms with Crippen molar-refractivity contribution >= 4 is 20.8 Å². The van der Waals surface area contributed by atoms with Gasteiger partial charge in [0.05, 0.1) is 13.4 Å². The first kappa shape index (κ1) is 16.7. The Balaban J connectivity index is 1.92. The Labute approximate surface area is 131 Å². The summed E-state index contributed by atoms with van der Waals surface area (Å²) in [5.41, 5.74) is 1.20. The van der Waals surface area contributed by atoms with E-state index in [2.05, 4.69) is 22.2 Å². The Kier molecular flexibility index (Phi) is 5.76. The van der Waals surface area contributed by atoms with Crippen LogP contribution in [0, 0.1) is 0 Å². The highest BCUT2D eigenvalue weighted by Gasteiger charge is 2.05. The van der Waals surface area contributed by atoms with Crippen molar-refractivity contribution in [2.24, 2.45) is 0 Å². The van der Waals surface area contributed by atoms with E-state index in [9.17, 15) is 8.42 Å². The molecule has 2 rings (SSSR count). The van der Waals surface area contributed by atoms with E-state index in [0.717, 1.165) is 30.6 Å². The van der Waals surface area contributed by atoms with Crippen LogP contribution < -0.4 is 14.8 Å². The van der Waals surface area contributed by atoms with E-state index in [-0.39, 0.29) is 0 Å². The van der Waals surface area contributed by atoms with E-state index in [1.54, 1.807) is 7.11 Å². The Bertz CT molecular complexity index is 729. The normalized spacial score (nSPS) is 11.7. The molecule has 0 atom stereocenters. The Morgan fingerprint density at radius 2 is 1.77 bits per heavy atom. The van der Waals surface area contributed by atoms with Gasteiger partial charge in [-0.3, -0.25) is 0 Å². The quantitative estimate of drug-likeness (QED) is 0.728. The molecule has 0 aliphatic carbocycles. The number of ether oxygens (including phenoxy) is 1. The van der Waals surface area contributed by atoms with Gasteiger partial charge in [0.1, 0.15) is 5.75 Å². The van der Waals surface area contributed by atoms with Gasteiger partial charge in [-0.1, -0.05) is 30.3 Å². The molecule has 0 unspecified atom stereocenters. The van der Waals surface area contributed by atoms with Gasteiger partial charge in [-0.05, 0) is 30.0 Å². The molecule has 0 saturated heterocycles. The number of sulfonamides is 1. The van der Waals surface area contributed by atoms with Crippen LogP contribution >= 0.6 is 0 Å². The second kappa shape index (κ2) is 7.58. The number of hydrogen-bond acceptors (Lipinski definition) is 4. The molecular weight excluding hydrogens is 300 g/mol. The summed E-state index contributed by atoms with van der Waals surface area (Å²) >= 11 is 0. The SMILES string of the molecule is COc1ccc(CNCCCNS(C)(=O)=O)c2ccccc12. The minimum absolute atomic E-state index is 0.454. The van der Waals surface area contributed by atoms with Crippen molar-refractivity contribution in [3.63, 3.8) is 0 Å². The summed E-state index contributed by atoms with van der Waals surface area (Å²) in [6.45, 7) is 1.95. The molecule has 2 aromatic rings. The van der Waals surface area contributed by atoms with E-state index >= 15 is 0 Å². The van der Waals surface area contributed by atoms with Crippen LogP contribution in [0.5, 0.6) is 5.75 Å². The van der Waals surface area contributed by atoms with Gasteiger partial charge in [-0.15, -0.1) is 0 Å². The highest BCUT2D eigenvalue weighted by molar-refractivity contribution is 7.88. The minimum Gasteiger partial charge on any atom is -0.496 e. The zero-order valence-electron chi connectivity index (χ0n) is 12.9. The lowest BCUT2D eigenvalue weighted by Gasteiger charge is -2.11. The van der Waals surface area contributed by atoms with Gasteiger partial charge in [-0.2, -0.15) is 0 Å². The molecule has 0 saturated carbocycles. The zero-order valence-corrected chi connectivity index (χ0v) is 13.7. The number of methoxy groups -OCH3 is 1. The van der Waals surface area contributed by atoms with Crippen LogP contribution in [0.2, 0.25) is 0 Å². The number of fused-ring (bicyclic) bond motifs is 1. The van der Waals surface area contributed by atoms with E-state index in [4.69, 9.17) is 4.74 Å². The van der Waals surface area contributed by atoms with Crippen LogP contribution in [0.4, 0.5) is 0 Å². The van der Waals surface area contributed by atoms with E-state index in [0.29, 0.717) is 6.54 Å². The van der Waals surface area contributed by atoms with Crippen LogP contribution in [0.25, 0.3) is 10.8 Å². The Hall–Kier alpha value is -1.63. The van der Waals surface area contributed by atoms with Gasteiger partial charge >= 0.3 is 0 Å². The van der Waals surface area contributed by atoms with Crippen molar-refractivity contribution in [3.05, 3.63) is 42.0 Å². The third-order valence-corrected chi connectivity index (χ3v) is 4.13. The van der Waals surface area contributed by atoms with Crippen LogP contribution in [-0.2, 0) is 16.6 Å². The average molecular weight is 322 g/mol. The molecule has 0 spiro atoms. The molecule has 0 amide bonds. The molecule has 0 aromatic heterocycles. The standard InChI is InChI=1S/C16H22N2O3S/c1-21-16-9-8-13(14-6-3-4-7-15(14)16)12-17-10-5-11-18-22(2,19)20/h3-4,6-9,17-18H,5,10-12H2,1-2H3. The summed E-state index contributed by atoms with van der Waals surface area (Å²) in [5.74, 6) is 0.872. The lowest BCUT2D eigenvalue weighted by molar-refractivity contribution is 0.419. The number of benzene rings is 2. The van der Waals surface area contributed by atoms with Gasteiger partial charge in [0.2, 0.25) is 10.0 Å². The highest BCUT2D eigenvalue weighted by Crippen LogP contribution is 2.28. The van der Waals surface area contributed by atoms with Gasteiger partial charge < -0.3 is 10.1 Å². The van der Waals surface area contributed by atoms with Crippen molar-refractivity contribution in [2.75, 3.05) is 26.5 Å². The van der Waals surface area contributed by atoms with Crippen LogP contribution in [0.15, 0.2) is 36.4 Å². The summed E-state index contributed by atoms with van der Waals surface area (Å²) in [6, 6.07) is 12.2. The van der Waals surface area contributed by atoms with Crippen molar-refractivity contribution in [2.45, 2.75) is 13.0 Å². The lowest BCUT2D eigenvalue weighted by Crippen LogP contribution is -2.26. The zero-order chi connectivity index (χ0) is 16.0. The smallest absolute Gasteiger partial charge is 0.208 e. The van der Waals surface area contributed by atoms with Crippen molar-refractivity contribution in [1.29, 1.82) is 0 Å². The molecule has 22 heavy (non-hydrogen) atoms. The second-order valence-electron chi connectivity index (χ2n) is 5.17. The van der Waals surface area contributed by atoms with Gasteiger partial charge in [-0.25, -0.2) is 13.1 Å². The largest absolute Gasteiger partial charge is 0.496 e. The maximum Gasteiger partial charge on any atom is 0.208 e. The third-order valence-electron chi connectivity index (χ3n) is 3.40. The molecule has 0 fully saturated rings. The molecule has 0 radical (unpaired) electrons. The molecule has 0 bridgehead atoms. The summed E-state index contributed by atoms with van der Waals surface area (Å²) in [4.78, 5) is 0. The van der Waals surface area contributed by atoms with Gasteiger partial charge in [0.25, 0.3) is 0 Å². The fraction of sp³-hybridized carbons (Fsp3) is 0.375. The Morgan fingerprint density at radius 1 is 1.05 bits per heavy atom. The maximum absolute atomic E-state index is 10.9. The first-order chi connectivity index (χ1) is 10.5. The topological polar surface area (TPSA) is 67.4 Å². The first-order valence-electron chi connectivity index (χ1n) is 7.21. The van der Waals surface area contributed by atoms with Crippen LogP contribution in [0.1, 0.15) is 12.0 Å². The molecule has 5 nitrogen and oxygen atoms in total. The van der Waals surface area contributed by atoms with E-state index < -0.39 is 10.0 Å².